The van der Waals surface area contributed by atoms with Crippen LogP contribution in [0.5, 0.6) is 0 Å². The van der Waals surface area contributed by atoms with Crippen molar-refractivity contribution in [2.45, 2.75) is 38.8 Å². The van der Waals surface area contributed by atoms with Gasteiger partial charge in [-0.2, -0.15) is 0 Å². The Labute approximate surface area is 137 Å². The van der Waals surface area contributed by atoms with E-state index in [-0.39, 0.29) is 0 Å². The first-order chi connectivity index (χ1) is 11.2. The number of hydrogen-bond donors (Lipinski definition) is 2. The van der Waals surface area contributed by atoms with E-state index in [2.05, 4.69) is 49.9 Å². The topological polar surface area (TPSA) is 62.2 Å². The van der Waals surface area contributed by atoms with Gasteiger partial charge in [-0.1, -0.05) is 24.3 Å². The molecule has 1 aliphatic rings. The monoisotopic (exact) mass is 309 g/mol. The summed E-state index contributed by atoms with van der Waals surface area (Å²) in [5.74, 6) is 1.61. The van der Waals surface area contributed by atoms with Crippen molar-refractivity contribution in [3.63, 3.8) is 0 Å². The van der Waals surface area contributed by atoms with Crippen molar-refractivity contribution >= 4 is 5.96 Å². The smallest absolute Gasteiger partial charge is 0.191 e. The number of benzene rings is 1. The molecular weight excluding hydrogens is 286 g/mol. The predicted octanol–water partition coefficient (Wildman–Crippen LogP) is 2.01. The van der Waals surface area contributed by atoms with Crippen LogP contribution in [0.25, 0.3) is 0 Å². The van der Waals surface area contributed by atoms with Gasteiger partial charge in [0.1, 0.15) is 5.82 Å². The molecule has 0 saturated heterocycles. The maximum absolute atomic E-state index is 4.40. The van der Waals surface area contributed by atoms with Crippen molar-refractivity contribution in [1.29, 1.82) is 0 Å². The van der Waals surface area contributed by atoms with Crippen LogP contribution < -0.4 is 10.6 Å². The van der Waals surface area contributed by atoms with Gasteiger partial charge >= 0.3 is 0 Å². The van der Waals surface area contributed by atoms with Crippen LogP contribution in [0, 0.1) is 6.92 Å². The van der Waals surface area contributed by atoms with Crippen LogP contribution in [0.3, 0.4) is 0 Å². The van der Waals surface area contributed by atoms with Gasteiger partial charge in [0.25, 0.3) is 0 Å². The van der Waals surface area contributed by atoms with Crippen molar-refractivity contribution < 1.29 is 0 Å². The van der Waals surface area contributed by atoms with Gasteiger partial charge in [0.15, 0.2) is 5.96 Å². The Morgan fingerprint density at radius 1 is 1.26 bits per heavy atom. The number of guanidine groups is 1. The molecule has 0 saturated carbocycles. The van der Waals surface area contributed by atoms with Crippen molar-refractivity contribution in [3.8, 4) is 0 Å². The highest BCUT2D eigenvalue weighted by Gasteiger charge is 2.18. The summed E-state index contributed by atoms with van der Waals surface area (Å²) in [6.07, 6.45) is 5.08. The number of hydrogen-bond acceptors (Lipinski definition) is 3. The van der Waals surface area contributed by atoms with Gasteiger partial charge in [0.2, 0.25) is 0 Å². The highest BCUT2D eigenvalue weighted by Crippen LogP contribution is 2.20. The average Bonchev–Trinajstić information content (AvgIpc) is 2.58. The molecule has 1 unspecified atom stereocenters. The molecule has 2 N–H and O–H groups in total. The number of aromatic nitrogens is 2. The van der Waals surface area contributed by atoms with Gasteiger partial charge in [0.05, 0.1) is 12.2 Å². The van der Waals surface area contributed by atoms with E-state index in [0.717, 1.165) is 36.7 Å². The summed E-state index contributed by atoms with van der Waals surface area (Å²) >= 11 is 0. The zero-order valence-electron chi connectivity index (χ0n) is 13.7. The molecule has 3 rings (SSSR count). The van der Waals surface area contributed by atoms with Crippen molar-refractivity contribution in [1.82, 2.24) is 20.6 Å². The van der Waals surface area contributed by atoms with Crippen molar-refractivity contribution in [2.24, 2.45) is 4.99 Å². The van der Waals surface area contributed by atoms with Crippen LogP contribution in [-0.4, -0.2) is 29.0 Å². The molecule has 0 radical (unpaired) electrons. The Balaban J connectivity index is 1.56. The zero-order valence-corrected chi connectivity index (χ0v) is 13.7. The summed E-state index contributed by atoms with van der Waals surface area (Å²) in [4.78, 5) is 12.8. The number of nitrogens with one attached hydrogen (secondary N) is 2. The Morgan fingerprint density at radius 3 is 2.87 bits per heavy atom. The van der Waals surface area contributed by atoms with Crippen LogP contribution in [-0.2, 0) is 19.4 Å². The third kappa shape index (κ3) is 4.06. The van der Waals surface area contributed by atoms with Gasteiger partial charge < -0.3 is 10.6 Å². The summed E-state index contributed by atoms with van der Waals surface area (Å²) in [6, 6.07) is 11.0. The van der Waals surface area contributed by atoms with Crippen LogP contribution >= 0.6 is 0 Å². The summed E-state index contributed by atoms with van der Waals surface area (Å²) < 4.78 is 0. The van der Waals surface area contributed by atoms with E-state index >= 15 is 0 Å². The Morgan fingerprint density at radius 2 is 2.09 bits per heavy atom. The second-order valence-electron chi connectivity index (χ2n) is 5.87. The molecule has 1 aromatic heterocycles. The molecule has 23 heavy (non-hydrogen) atoms. The van der Waals surface area contributed by atoms with E-state index in [1.54, 1.807) is 13.2 Å². The van der Waals surface area contributed by atoms with E-state index < -0.39 is 0 Å². The first-order valence-corrected chi connectivity index (χ1v) is 8.07. The normalized spacial score (nSPS) is 17.5. The van der Waals surface area contributed by atoms with E-state index in [1.165, 1.54) is 11.1 Å². The fourth-order valence-electron chi connectivity index (χ4n) is 2.99. The lowest BCUT2D eigenvalue weighted by Gasteiger charge is -2.27. The van der Waals surface area contributed by atoms with Gasteiger partial charge in [-0.05, 0) is 43.4 Å². The minimum absolute atomic E-state index is 0.420. The third-order valence-electron chi connectivity index (χ3n) is 4.18. The lowest BCUT2D eigenvalue weighted by molar-refractivity contribution is 0.520. The highest BCUT2D eigenvalue weighted by molar-refractivity contribution is 5.80. The quantitative estimate of drug-likeness (QED) is 0.672. The van der Waals surface area contributed by atoms with Crippen LogP contribution in [0.4, 0.5) is 0 Å². The van der Waals surface area contributed by atoms with E-state index in [1.807, 2.05) is 13.0 Å². The maximum Gasteiger partial charge on any atom is 0.191 e. The molecule has 5 heteroatoms. The summed E-state index contributed by atoms with van der Waals surface area (Å²) in [7, 11) is 1.80. The summed E-state index contributed by atoms with van der Waals surface area (Å²) in [6.45, 7) is 2.54. The second-order valence-corrected chi connectivity index (χ2v) is 5.87. The lowest BCUT2D eigenvalue weighted by Crippen LogP contribution is -2.45. The molecule has 0 bridgehead atoms. The SMILES string of the molecule is CN=C(NCc1ccnc(C)n1)NC1CCc2ccccc2C1. The largest absolute Gasteiger partial charge is 0.353 e. The van der Waals surface area contributed by atoms with Gasteiger partial charge in [0, 0.05) is 19.3 Å². The van der Waals surface area contributed by atoms with Crippen LogP contribution in [0.1, 0.15) is 29.1 Å². The Hall–Kier alpha value is -2.43. The van der Waals surface area contributed by atoms with E-state index in [0.29, 0.717) is 12.6 Å². The number of rotatable bonds is 3. The summed E-state index contributed by atoms with van der Waals surface area (Å²) in [5, 5.41) is 6.86. The standard InChI is InChI=1S/C18H23N5/c1-13-20-10-9-17(22-13)12-21-18(19-2)23-16-8-7-14-5-3-4-6-15(14)11-16/h3-6,9-10,16H,7-8,11-12H2,1-2H3,(H2,19,21,23). The molecule has 0 spiro atoms. The number of nitrogens with zero attached hydrogens (tertiary/aromatic N) is 3. The molecule has 0 fully saturated rings. The Kier molecular flexibility index (Phi) is 4.86. The molecule has 2 aromatic rings. The minimum atomic E-state index is 0.420. The molecule has 1 aliphatic carbocycles. The average molecular weight is 309 g/mol. The predicted molar refractivity (Wildman–Crippen MR) is 92.4 cm³/mol. The Bertz CT molecular complexity index is 695. The molecule has 0 amide bonds. The maximum atomic E-state index is 4.40. The minimum Gasteiger partial charge on any atom is -0.353 e. The van der Waals surface area contributed by atoms with Crippen LogP contribution in [0.15, 0.2) is 41.5 Å². The number of aliphatic imine (C=N–C) groups is 1. The molecule has 1 heterocycles. The highest BCUT2D eigenvalue weighted by atomic mass is 15.2. The molecule has 5 nitrogen and oxygen atoms in total. The van der Waals surface area contributed by atoms with Crippen LogP contribution in [0.2, 0.25) is 0 Å². The van der Waals surface area contributed by atoms with E-state index in [4.69, 9.17) is 0 Å². The first-order valence-electron chi connectivity index (χ1n) is 8.07. The van der Waals surface area contributed by atoms with Crippen molar-refractivity contribution in [3.05, 3.63) is 59.2 Å². The fourth-order valence-corrected chi connectivity index (χ4v) is 2.99. The molecule has 1 atom stereocenters. The number of aryl methyl sites for hydroxylation is 2. The second kappa shape index (κ2) is 7.22. The number of fused-ring (bicyclic) bond motifs is 1. The first kappa shape index (κ1) is 15.5. The molecular formula is C18H23N5. The van der Waals surface area contributed by atoms with Crippen molar-refractivity contribution in [2.75, 3.05) is 7.05 Å². The molecule has 0 aliphatic heterocycles. The summed E-state index contributed by atoms with van der Waals surface area (Å²) in [5.41, 5.74) is 3.89. The zero-order chi connectivity index (χ0) is 16.1. The van der Waals surface area contributed by atoms with E-state index in [9.17, 15) is 0 Å². The lowest BCUT2D eigenvalue weighted by atomic mass is 9.88. The van der Waals surface area contributed by atoms with Gasteiger partial charge in [-0.15, -0.1) is 0 Å². The van der Waals surface area contributed by atoms with Gasteiger partial charge in [-0.3, -0.25) is 4.99 Å². The molecule has 1 aromatic carbocycles. The fraction of sp³-hybridized carbons (Fsp3) is 0.389. The third-order valence-corrected chi connectivity index (χ3v) is 4.18. The van der Waals surface area contributed by atoms with Gasteiger partial charge in [-0.25, -0.2) is 9.97 Å². The molecule has 120 valence electrons.